The summed E-state index contributed by atoms with van der Waals surface area (Å²) in [5, 5.41) is 2.60. The smallest absolute Gasteiger partial charge is 0.372 e. The lowest BCUT2D eigenvalue weighted by Gasteiger charge is -2.21. The molecule has 0 radical (unpaired) electrons. The van der Waals surface area contributed by atoms with E-state index in [0.717, 1.165) is 0 Å². The van der Waals surface area contributed by atoms with E-state index in [1.807, 2.05) is 0 Å². The van der Waals surface area contributed by atoms with Crippen molar-refractivity contribution in [2.24, 2.45) is 5.92 Å². The fraction of sp³-hybridized carbons (Fsp3) is 0.875. The van der Waals surface area contributed by atoms with Crippen LogP contribution in [0.15, 0.2) is 0 Å². The van der Waals surface area contributed by atoms with Gasteiger partial charge in [-0.1, -0.05) is 0 Å². The van der Waals surface area contributed by atoms with Crippen molar-refractivity contribution in [3.63, 3.8) is 0 Å². The number of nitrogens with one attached hydrogen (secondary N) is 1. The van der Waals surface area contributed by atoms with E-state index < -0.39 is 12.8 Å². The summed E-state index contributed by atoms with van der Waals surface area (Å²) in [6.45, 7) is -0.697. The number of carbonyl (C=O) groups is 1. The highest BCUT2D eigenvalue weighted by molar-refractivity contribution is 5.76. The van der Waals surface area contributed by atoms with Crippen molar-refractivity contribution in [2.45, 2.75) is 19.0 Å². The minimum atomic E-state index is -4.28. The fourth-order valence-electron chi connectivity index (χ4n) is 1.34. The minimum absolute atomic E-state index is 0.00687. The average molecular weight is 211 g/mol. The lowest BCUT2D eigenvalue weighted by molar-refractivity contribution is -0.177. The van der Waals surface area contributed by atoms with E-state index in [1.165, 1.54) is 0 Å². The number of ether oxygens (including phenoxy) is 1. The number of piperidine rings is 1. The van der Waals surface area contributed by atoms with Crippen molar-refractivity contribution < 1.29 is 22.7 Å². The predicted octanol–water partition coefficient (Wildman–Crippen LogP) is 1.09. The highest BCUT2D eigenvalue weighted by Gasteiger charge is 2.28. The van der Waals surface area contributed by atoms with Crippen molar-refractivity contribution in [3.05, 3.63) is 0 Å². The summed E-state index contributed by atoms with van der Waals surface area (Å²) < 4.78 is 39.5. The summed E-state index contributed by atoms with van der Waals surface area (Å²) in [4.78, 5) is 10.8. The first-order valence-electron chi connectivity index (χ1n) is 4.38. The Bertz CT molecular complexity index is 205. The van der Waals surface area contributed by atoms with Crippen LogP contribution >= 0.6 is 0 Å². The molecular weight excluding hydrogens is 199 g/mol. The van der Waals surface area contributed by atoms with Gasteiger partial charge in [0, 0.05) is 13.0 Å². The second-order valence-electron chi connectivity index (χ2n) is 3.34. The van der Waals surface area contributed by atoms with Gasteiger partial charge >= 0.3 is 6.18 Å². The molecule has 1 aliphatic heterocycles. The van der Waals surface area contributed by atoms with Gasteiger partial charge in [0.15, 0.2) is 0 Å². The third-order valence-corrected chi connectivity index (χ3v) is 1.97. The van der Waals surface area contributed by atoms with Crippen molar-refractivity contribution in [1.29, 1.82) is 0 Å². The number of hydrogen-bond donors (Lipinski definition) is 1. The largest absolute Gasteiger partial charge is 0.411 e. The molecule has 1 fully saturated rings. The van der Waals surface area contributed by atoms with Gasteiger partial charge in [0.2, 0.25) is 5.91 Å². The monoisotopic (exact) mass is 211 g/mol. The van der Waals surface area contributed by atoms with Gasteiger partial charge in [0.05, 0.1) is 6.61 Å². The van der Waals surface area contributed by atoms with Crippen LogP contribution in [0, 0.1) is 5.92 Å². The van der Waals surface area contributed by atoms with Gasteiger partial charge < -0.3 is 10.1 Å². The number of hydrogen-bond acceptors (Lipinski definition) is 2. The molecule has 1 saturated heterocycles. The quantitative estimate of drug-likeness (QED) is 0.758. The van der Waals surface area contributed by atoms with Crippen LogP contribution in [-0.2, 0) is 9.53 Å². The van der Waals surface area contributed by atoms with E-state index in [0.29, 0.717) is 13.0 Å². The highest BCUT2D eigenvalue weighted by Crippen LogP contribution is 2.17. The van der Waals surface area contributed by atoms with Gasteiger partial charge in [0.1, 0.15) is 6.61 Å². The number of alkyl halides is 3. The molecule has 0 bridgehead atoms. The molecule has 1 heterocycles. The zero-order valence-electron chi connectivity index (χ0n) is 7.56. The van der Waals surface area contributed by atoms with E-state index >= 15 is 0 Å². The second kappa shape index (κ2) is 4.63. The fourth-order valence-corrected chi connectivity index (χ4v) is 1.34. The number of carbonyl (C=O) groups excluding carboxylic acids is 1. The second-order valence-corrected chi connectivity index (χ2v) is 3.34. The van der Waals surface area contributed by atoms with Gasteiger partial charge in [0.25, 0.3) is 0 Å². The Morgan fingerprint density at radius 1 is 1.50 bits per heavy atom. The lowest BCUT2D eigenvalue weighted by Crippen LogP contribution is -2.35. The molecule has 0 spiro atoms. The maximum Gasteiger partial charge on any atom is 0.411 e. The van der Waals surface area contributed by atoms with Gasteiger partial charge in [-0.05, 0) is 12.3 Å². The summed E-state index contributed by atoms with van der Waals surface area (Å²) in [5.41, 5.74) is 0. The summed E-state index contributed by atoms with van der Waals surface area (Å²) >= 11 is 0. The summed E-state index contributed by atoms with van der Waals surface area (Å²) in [6, 6.07) is 0. The minimum Gasteiger partial charge on any atom is -0.372 e. The normalized spacial score (nSPS) is 23.4. The Kier molecular flexibility index (Phi) is 3.74. The van der Waals surface area contributed by atoms with Crippen LogP contribution in [0.3, 0.4) is 0 Å². The van der Waals surface area contributed by atoms with E-state index in [-0.39, 0.29) is 24.9 Å². The van der Waals surface area contributed by atoms with Gasteiger partial charge in [-0.15, -0.1) is 0 Å². The van der Waals surface area contributed by atoms with Gasteiger partial charge in [-0.25, -0.2) is 0 Å². The Labute approximate surface area is 79.6 Å². The molecule has 0 aromatic rings. The van der Waals surface area contributed by atoms with Crippen LogP contribution in [0.5, 0.6) is 0 Å². The molecule has 1 amide bonds. The summed E-state index contributed by atoms with van der Waals surface area (Å²) in [7, 11) is 0. The first-order valence-corrected chi connectivity index (χ1v) is 4.38. The Balaban J connectivity index is 2.15. The Morgan fingerprint density at radius 3 is 2.79 bits per heavy atom. The molecule has 0 aromatic carbocycles. The zero-order valence-corrected chi connectivity index (χ0v) is 7.56. The van der Waals surface area contributed by atoms with Gasteiger partial charge in [-0.3, -0.25) is 4.79 Å². The molecule has 0 saturated carbocycles. The molecule has 6 heteroatoms. The molecule has 14 heavy (non-hydrogen) atoms. The molecule has 82 valence electrons. The maximum atomic E-state index is 11.7. The van der Waals surface area contributed by atoms with E-state index in [4.69, 9.17) is 0 Å². The number of amides is 1. The Hall–Kier alpha value is -0.780. The first kappa shape index (κ1) is 11.3. The Morgan fingerprint density at radius 2 is 2.21 bits per heavy atom. The van der Waals surface area contributed by atoms with Crippen LogP contribution in [0.4, 0.5) is 13.2 Å². The summed E-state index contributed by atoms with van der Waals surface area (Å²) in [6.07, 6.45) is -3.33. The van der Waals surface area contributed by atoms with Crippen LogP contribution in [0.1, 0.15) is 12.8 Å². The predicted molar refractivity (Wildman–Crippen MR) is 42.6 cm³/mol. The maximum absolute atomic E-state index is 11.7. The molecular formula is C8H12F3NO2. The molecule has 0 aromatic heterocycles. The van der Waals surface area contributed by atoms with E-state index in [2.05, 4.69) is 10.1 Å². The topological polar surface area (TPSA) is 38.3 Å². The number of halogens is 3. The van der Waals surface area contributed by atoms with E-state index in [1.54, 1.807) is 0 Å². The van der Waals surface area contributed by atoms with Crippen molar-refractivity contribution in [2.75, 3.05) is 19.8 Å². The molecule has 1 unspecified atom stereocenters. The van der Waals surface area contributed by atoms with Crippen molar-refractivity contribution >= 4 is 5.91 Å². The third kappa shape index (κ3) is 4.45. The van der Waals surface area contributed by atoms with Crippen LogP contribution < -0.4 is 5.32 Å². The molecule has 1 aliphatic rings. The van der Waals surface area contributed by atoms with Crippen LogP contribution in [-0.4, -0.2) is 31.8 Å². The van der Waals surface area contributed by atoms with Crippen molar-refractivity contribution in [1.82, 2.24) is 5.32 Å². The van der Waals surface area contributed by atoms with Gasteiger partial charge in [-0.2, -0.15) is 13.2 Å². The van der Waals surface area contributed by atoms with Crippen LogP contribution in [0.2, 0.25) is 0 Å². The standard InChI is InChI=1S/C8H12F3NO2/c9-8(10,11)5-14-4-6-1-2-12-7(13)3-6/h6H,1-5H2,(H,12,13). The lowest BCUT2D eigenvalue weighted by atomic mass is 9.99. The molecule has 0 aliphatic carbocycles. The molecule has 3 nitrogen and oxygen atoms in total. The SMILES string of the molecule is O=C1CC(COCC(F)(F)F)CCN1. The van der Waals surface area contributed by atoms with Crippen LogP contribution in [0.25, 0.3) is 0 Å². The molecule has 1 N–H and O–H groups in total. The number of rotatable bonds is 3. The first-order chi connectivity index (χ1) is 6.47. The average Bonchev–Trinajstić information content (AvgIpc) is 2.01. The van der Waals surface area contributed by atoms with E-state index in [9.17, 15) is 18.0 Å². The zero-order chi connectivity index (χ0) is 10.6. The third-order valence-electron chi connectivity index (χ3n) is 1.97. The summed E-state index contributed by atoms with van der Waals surface area (Å²) in [5.74, 6) is -0.192. The molecule has 1 atom stereocenters. The molecule has 1 rings (SSSR count). The van der Waals surface area contributed by atoms with Crippen molar-refractivity contribution in [3.8, 4) is 0 Å². The highest BCUT2D eigenvalue weighted by atomic mass is 19.4.